The second kappa shape index (κ2) is 8.94. The van der Waals surface area contributed by atoms with E-state index < -0.39 is 10.0 Å². The molecule has 3 aromatic rings. The second-order valence-electron chi connectivity index (χ2n) is 7.71. The number of nitriles is 1. The lowest BCUT2D eigenvalue weighted by Gasteiger charge is -2.34. The highest BCUT2D eigenvalue weighted by atomic mass is 32.2. The van der Waals surface area contributed by atoms with Crippen LogP contribution in [-0.4, -0.2) is 48.9 Å². The molecule has 0 spiro atoms. The summed E-state index contributed by atoms with van der Waals surface area (Å²) < 4.78 is 27.4. The van der Waals surface area contributed by atoms with Crippen LogP contribution in [0.3, 0.4) is 0 Å². The smallest absolute Gasteiger partial charge is 0.243 e. The van der Waals surface area contributed by atoms with Crippen LogP contribution in [0.15, 0.2) is 59.5 Å². The van der Waals surface area contributed by atoms with Crippen LogP contribution in [0.25, 0.3) is 0 Å². The summed E-state index contributed by atoms with van der Waals surface area (Å²) in [6.07, 6.45) is 0. The van der Waals surface area contributed by atoms with Crippen molar-refractivity contribution in [2.45, 2.75) is 18.7 Å². The molecule has 32 heavy (non-hydrogen) atoms. The Morgan fingerprint density at radius 2 is 1.59 bits per heavy atom. The van der Waals surface area contributed by atoms with E-state index in [9.17, 15) is 8.42 Å². The summed E-state index contributed by atoms with van der Waals surface area (Å²) in [5.41, 5.74) is 3.39. The Kier molecular flexibility index (Phi) is 6.08. The zero-order chi connectivity index (χ0) is 22.7. The molecule has 0 atom stereocenters. The lowest BCUT2D eigenvalue weighted by atomic mass is 10.2. The third-order valence-electron chi connectivity index (χ3n) is 5.31. The predicted octanol–water partition coefficient (Wildman–Crippen LogP) is 3.22. The standard InChI is InChI=1S/C23H24N6O2S/c1-17-3-7-20(8-4-17)26-22-15-18(2)25-23(27-22)28-11-13-29(14-12-28)32(30,31)21-9-5-19(16-24)6-10-21/h3-10,15H,11-14H2,1-2H3,(H,25,26,27). The van der Waals surface area contributed by atoms with E-state index >= 15 is 0 Å². The van der Waals surface area contributed by atoms with Gasteiger partial charge < -0.3 is 10.2 Å². The van der Waals surface area contributed by atoms with E-state index in [1.165, 1.54) is 34.1 Å². The average Bonchev–Trinajstić information content (AvgIpc) is 2.80. The molecule has 1 saturated heterocycles. The van der Waals surface area contributed by atoms with E-state index in [4.69, 9.17) is 5.26 Å². The molecule has 0 radical (unpaired) electrons. The van der Waals surface area contributed by atoms with Crippen LogP contribution in [0.2, 0.25) is 0 Å². The number of piperazine rings is 1. The molecule has 4 rings (SSSR count). The molecule has 2 heterocycles. The van der Waals surface area contributed by atoms with Gasteiger partial charge in [0.05, 0.1) is 16.5 Å². The number of aromatic nitrogens is 2. The number of benzene rings is 2. The monoisotopic (exact) mass is 448 g/mol. The lowest BCUT2D eigenvalue weighted by Crippen LogP contribution is -2.49. The third kappa shape index (κ3) is 4.72. The zero-order valence-electron chi connectivity index (χ0n) is 18.0. The number of nitrogens with one attached hydrogen (secondary N) is 1. The Morgan fingerprint density at radius 3 is 2.22 bits per heavy atom. The van der Waals surface area contributed by atoms with Gasteiger partial charge in [-0.25, -0.2) is 13.4 Å². The first-order valence-corrected chi connectivity index (χ1v) is 11.7. The first-order valence-electron chi connectivity index (χ1n) is 10.3. The molecule has 0 unspecified atom stereocenters. The molecular formula is C23H24N6O2S. The lowest BCUT2D eigenvalue weighted by molar-refractivity contribution is 0.382. The molecular weight excluding hydrogens is 424 g/mol. The fourth-order valence-electron chi connectivity index (χ4n) is 3.52. The van der Waals surface area contributed by atoms with Crippen LogP contribution in [0, 0.1) is 25.2 Å². The van der Waals surface area contributed by atoms with Crippen molar-refractivity contribution in [1.82, 2.24) is 14.3 Å². The summed E-state index contributed by atoms with van der Waals surface area (Å²) in [7, 11) is -3.61. The molecule has 0 amide bonds. The van der Waals surface area contributed by atoms with Gasteiger partial charge in [-0.3, -0.25) is 0 Å². The molecule has 1 N–H and O–H groups in total. The maximum Gasteiger partial charge on any atom is 0.243 e. The van der Waals surface area contributed by atoms with Crippen molar-refractivity contribution >= 4 is 27.5 Å². The molecule has 9 heteroatoms. The number of aryl methyl sites for hydroxylation is 2. The van der Waals surface area contributed by atoms with Crippen molar-refractivity contribution in [2.24, 2.45) is 0 Å². The zero-order valence-corrected chi connectivity index (χ0v) is 18.8. The van der Waals surface area contributed by atoms with Gasteiger partial charge in [0.1, 0.15) is 5.82 Å². The average molecular weight is 449 g/mol. The minimum atomic E-state index is -3.61. The summed E-state index contributed by atoms with van der Waals surface area (Å²) in [6.45, 7) is 5.60. The normalized spacial score (nSPS) is 14.7. The molecule has 164 valence electrons. The number of nitrogens with zero attached hydrogens (tertiary/aromatic N) is 5. The maximum atomic E-state index is 12.9. The number of hydrogen-bond acceptors (Lipinski definition) is 7. The number of rotatable bonds is 5. The molecule has 0 aliphatic carbocycles. The van der Waals surface area contributed by atoms with Crippen molar-refractivity contribution in [3.8, 4) is 6.07 Å². The van der Waals surface area contributed by atoms with Crippen LogP contribution in [0.4, 0.5) is 17.5 Å². The summed E-state index contributed by atoms with van der Waals surface area (Å²) in [4.78, 5) is 11.4. The third-order valence-corrected chi connectivity index (χ3v) is 7.22. The van der Waals surface area contributed by atoms with E-state index in [0.717, 1.165) is 11.4 Å². The van der Waals surface area contributed by atoms with Crippen molar-refractivity contribution in [1.29, 1.82) is 5.26 Å². The second-order valence-corrected chi connectivity index (χ2v) is 9.65. The summed E-state index contributed by atoms with van der Waals surface area (Å²) in [5, 5.41) is 12.2. The molecule has 1 aromatic heterocycles. The van der Waals surface area contributed by atoms with Gasteiger partial charge >= 0.3 is 0 Å². The molecule has 2 aromatic carbocycles. The van der Waals surface area contributed by atoms with E-state index in [-0.39, 0.29) is 4.90 Å². The van der Waals surface area contributed by atoms with Crippen LogP contribution in [0.1, 0.15) is 16.8 Å². The molecule has 8 nitrogen and oxygen atoms in total. The number of sulfonamides is 1. The Balaban J connectivity index is 1.46. The van der Waals surface area contributed by atoms with Crippen molar-refractivity contribution in [3.05, 3.63) is 71.4 Å². The van der Waals surface area contributed by atoms with Crippen molar-refractivity contribution in [3.63, 3.8) is 0 Å². The summed E-state index contributed by atoms with van der Waals surface area (Å²) in [6, 6.07) is 17.9. The van der Waals surface area contributed by atoms with Gasteiger partial charge in [-0.15, -0.1) is 0 Å². The number of hydrogen-bond donors (Lipinski definition) is 1. The van der Waals surface area contributed by atoms with E-state index in [0.29, 0.717) is 43.5 Å². The molecule has 0 saturated carbocycles. The fraction of sp³-hybridized carbons (Fsp3) is 0.261. The highest BCUT2D eigenvalue weighted by molar-refractivity contribution is 7.89. The Morgan fingerprint density at radius 1 is 0.938 bits per heavy atom. The highest BCUT2D eigenvalue weighted by Gasteiger charge is 2.29. The first-order chi connectivity index (χ1) is 15.3. The Hall–Kier alpha value is -3.48. The van der Waals surface area contributed by atoms with Crippen LogP contribution in [-0.2, 0) is 10.0 Å². The van der Waals surface area contributed by atoms with Crippen LogP contribution < -0.4 is 10.2 Å². The van der Waals surface area contributed by atoms with Crippen molar-refractivity contribution < 1.29 is 8.42 Å². The fourth-order valence-corrected chi connectivity index (χ4v) is 4.94. The van der Waals surface area contributed by atoms with Gasteiger partial charge in [-0.05, 0) is 50.2 Å². The first kappa shape index (κ1) is 21.7. The number of anilines is 3. The van der Waals surface area contributed by atoms with Crippen LogP contribution >= 0.6 is 0 Å². The molecule has 1 aliphatic rings. The Bertz CT molecular complexity index is 1240. The van der Waals surface area contributed by atoms with Gasteiger partial charge in [-0.1, -0.05) is 17.7 Å². The minimum Gasteiger partial charge on any atom is -0.340 e. The van der Waals surface area contributed by atoms with Crippen LogP contribution in [0.5, 0.6) is 0 Å². The summed E-state index contributed by atoms with van der Waals surface area (Å²) in [5.74, 6) is 1.28. The van der Waals surface area contributed by atoms with E-state index in [1.54, 1.807) is 0 Å². The van der Waals surface area contributed by atoms with Gasteiger partial charge in [0.15, 0.2) is 0 Å². The SMILES string of the molecule is Cc1ccc(Nc2cc(C)nc(N3CCN(S(=O)(=O)c4ccc(C#N)cc4)CC3)n2)cc1. The minimum absolute atomic E-state index is 0.196. The summed E-state index contributed by atoms with van der Waals surface area (Å²) >= 11 is 0. The van der Waals surface area contributed by atoms with Gasteiger partial charge in [-0.2, -0.15) is 14.6 Å². The highest BCUT2D eigenvalue weighted by Crippen LogP contribution is 2.22. The van der Waals surface area contributed by atoms with Gasteiger partial charge in [0.25, 0.3) is 0 Å². The Labute approximate surface area is 188 Å². The topological polar surface area (TPSA) is 102 Å². The van der Waals surface area contributed by atoms with Gasteiger partial charge in [0.2, 0.25) is 16.0 Å². The molecule has 1 fully saturated rings. The van der Waals surface area contributed by atoms with E-state index in [1.807, 2.05) is 55.1 Å². The molecule has 1 aliphatic heterocycles. The van der Waals surface area contributed by atoms with Gasteiger partial charge in [0, 0.05) is 43.6 Å². The largest absolute Gasteiger partial charge is 0.340 e. The molecule has 0 bridgehead atoms. The quantitative estimate of drug-likeness (QED) is 0.639. The van der Waals surface area contributed by atoms with E-state index in [2.05, 4.69) is 15.3 Å². The maximum absolute atomic E-state index is 12.9. The predicted molar refractivity (Wildman–Crippen MR) is 123 cm³/mol. The van der Waals surface area contributed by atoms with Crippen molar-refractivity contribution in [2.75, 3.05) is 36.4 Å².